The Morgan fingerprint density at radius 3 is 2.52 bits per heavy atom. The second kappa shape index (κ2) is 13.9. The highest BCUT2D eigenvalue weighted by molar-refractivity contribution is 5.98. The number of aromatic nitrogens is 2. The molecule has 40 heavy (non-hydrogen) atoms. The predicted octanol–water partition coefficient (Wildman–Crippen LogP) is 3.09. The van der Waals surface area contributed by atoms with Crippen molar-refractivity contribution in [2.75, 3.05) is 44.7 Å². The summed E-state index contributed by atoms with van der Waals surface area (Å²) in [5.41, 5.74) is 3.75. The van der Waals surface area contributed by atoms with E-state index in [0.717, 1.165) is 28.6 Å². The fourth-order valence-corrected chi connectivity index (χ4v) is 4.74. The molecular formula is C27H35ClF3N7O2. The highest BCUT2D eigenvalue weighted by Crippen LogP contribution is 2.28. The monoisotopic (exact) mass is 581 g/mol. The summed E-state index contributed by atoms with van der Waals surface area (Å²) in [5.74, 6) is -0.796. The van der Waals surface area contributed by atoms with Gasteiger partial charge in [-0.25, -0.2) is 18.2 Å². The maximum atomic E-state index is 13.5. The fraction of sp³-hybridized carbons (Fsp3) is 0.444. The Balaban J connectivity index is 0.00000441. The van der Waals surface area contributed by atoms with Gasteiger partial charge in [0.1, 0.15) is 12.4 Å². The Bertz CT molecular complexity index is 1340. The van der Waals surface area contributed by atoms with Gasteiger partial charge in [0.25, 0.3) is 12.3 Å². The first-order valence-corrected chi connectivity index (χ1v) is 12.9. The maximum Gasteiger partial charge on any atom is 0.257 e. The smallest absolute Gasteiger partial charge is 0.257 e. The van der Waals surface area contributed by atoms with Crippen molar-refractivity contribution in [2.45, 2.75) is 39.9 Å². The molecule has 3 aromatic rings. The normalized spacial score (nSPS) is 13.0. The molecule has 0 aliphatic carbocycles. The molecule has 0 saturated carbocycles. The molecule has 218 valence electrons. The summed E-state index contributed by atoms with van der Waals surface area (Å²) in [6.45, 7) is 5.68. The summed E-state index contributed by atoms with van der Waals surface area (Å²) in [6.07, 6.45) is -1.02. The zero-order valence-corrected chi connectivity index (χ0v) is 23.6. The number of hydrogen-bond acceptors (Lipinski definition) is 6. The third-order valence-electron chi connectivity index (χ3n) is 6.84. The van der Waals surface area contributed by atoms with Crippen molar-refractivity contribution >= 4 is 40.8 Å². The molecule has 4 rings (SSSR count). The van der Waals surface area contributed by atoms with Crippen LogP contribution in [0.5, 0.6) is 0 Å². The van der Waals surface area contributed by atoms with E-state index >= 15 is 0 Å². The number of fused-ring (bicyclic) bond motifs is 2. The van der Waals surface area contributed by atoms with E-state index in [0.29, 0.717) is 37.4 Å². The number of amides is 2. The van der Waals surface area contributed by atoms with Crippen LogP contribution < -0.4 is 15.5 Å². The predicted molar refractivity (Wildman–Crippen MR) is 150 cm³/mol. The molecule has 2 amide bonds. The molecule has 0 atom stereocenters. The van der Waals surface area contributed by atoms with Gasteiger partial charge in [-0.15, -0.1) is 12.4 Å². The summed E-state index contributed by atoms with van der Waals surface area (Å²) in [4.78, 5) is 27.8. The summed E-state index contributed by atoms with van der Waals surface area (Å²) in [7, 11) is 1.65. The van der Waals surface area contributed by atoms with E-state index in [9.17, 15) is 22.8 Å². The van der Waals surface area contributed by atoms with Gasteiger partial charge in [-0.3, -0.25) is 24.6 Å². The zero-order valence-electron chi connectivity index (χ0n) is 22.8. The Morgan fingerprint density at radius 1 is 1.07 bits per heavy atom. The molecule has 0 fully saturated rings. The summed E-state index contributed by atoms with van der Waals surface area (Å²) >= 11 is 0. The molecule has 0 unspecified atom stereocenters. The number of nitrogens with zero attached hydrogens (tertiary/aromatic N) is 5. The first-order chi connectivity index (χ1) is 18.7. The van der Waals surface area contributed by atoms with Gasteiger partial charge in [0.2, 0.25) is 5.91 Å². The van der Waals surface area contributed by atoms with Crippen molar-refractivity contribution < 1.29 is 22.8 Å². The SMILES string of the molecule is CCNCCN(C(=O)CNCC(=O)N(C)N1Cc2ccc(F)cc2C1)c1cc2c(cnn2CC(F)F)cc1C.Cl. The fourth-order valence-electron chi connectivity index (χ4n) is 4.74. The van der Waals surface area contributed by atoms with Crippen molar-refractivity contribution in [2.24, 2.45) is 0 Å². The van der Waals surface area contributed by atoms with Crippen LogP contribution in [-0.4, -0.2) is 77.8 Å². The van der Waals surface area contributed by atoms with Crippen LogP contribution in [0.1, 0.15) is 23.6 Å². The molecule has 9 nitrogen and oxygen atoms in total. The largest absolute Gasteiger partial charge is 0.315 e. The second-order valence-electron chi connectivity index (χ2n) is 9.57. The van der Waals surface area contributed by atoms with Crippen LogP contribution in [-0.2, 0) is 29.2 Å². The quantitative estimate of drug-likeness (QED) is 0.320. The van der Waals surface area contributed by atoms with E-state index in [1.165, 1.54) is 21.8 Å². The Kier molecular flexibility index (Phi) is 10.9. The van der Waals surface area contributed by atoms with E-state index in [4.69, 9.17) is 0 Å². The average Bonchev–Trinajstić information content (AvgIpc) is 3.48. The number of benzene rings is 2. The number of halogens is 4. The minimum Gasteiger partial charge on any atom is -0.315 e. The van der Waals surface area contributed by atoms with Crippen molar-refractivity contribution in [1.29, 1.82) is 0 Å². The topological polar surface area (TPSA) is 85.7 Å². The molecule has 2 aromatic carbocycles. The van der Waals surface area contributed by atoms with Gasteiger partial charge < -0.3 is 10.2 Å². The lowest BCUT2D eigenvalue weighted by Crippen LogP contribution is -2.47. The number of alkyl halides is 2. The molecule has 1 aliphatic heterocycles. The molecule has 2 heterocycles. The average molecular weight is 582 g/mol. The van der Waals surface area contributed by atoms with Crippen LogP contribution in [0.2, 0.25) is 0 Å². The highest BCUT2D eigenvalue weighted by Gasteiger charge is 2.26. The third kappa shape index (κ3) is 7.30. The second-order valence-corrected chi connectivity index (χ2v) is 9.57. The van der Waals surface area contributed by atoms with Crippen molar-refractivity contribution in [3.8, 4) is 0 Å². The zero-order chi connectivity index (χ0) is 28.1. The van der Waals surface area contributed by atoms with Crippen LogP contribution in [0.4, 0.5) is 18.9 Å². The van der Waals surface area contributed by atoms with Gasteiger partial charge in [0.15, 0.2) is 0 Å². The van der Waals surface area contributed by atoms with Gasteiger partial charge in [-0.05, 0) is 54.4 Å². The lowest BCUT2D eigenvalue weighted by atomic mass is 10.1. The van der Waals surface area contributed by atoms with Gasteiger partial charge in [0, 0.05) is 44.3 Å². The van der Waals surface area contributed by atoms with Crippen LogP contribution in [0.3, 0.4) is 0 Å². The van der Waals surface area contributed by atoms with Gasteiger partial charge in [-0.2, -0.15) is 5.10 Å². The molecule has 1 aromatic heterocycles. The Morgan fingerprint density at radius 2 is 1.80 bits per heavy atom. The number of likely N-dealkylation sites (N-methyl/N-ethyl adjacent to an activating group) is 2. The lowest BCUT2D eigenvalue weighted by molar-refractivity contribution is -0.145. The summed E-state index contributed by atoms with van der Waals surface area (Å²) < 4.78 is 40.9. The van der Waals surface area contributed by atoms with E-state index in [1.807, 2.05) is 24.9 Å². The number of hydrazine groups is 1. The van der Waals surface area contributed by atoms with E-state index in [-0.39, 0.29) is 43.1 Å². The summed E-state index contributed by atoms with van der Waals surface area (Å²) in [5, 5.41) is 14.2. The van der Waals surface area contributed by atoms with E-state index < -0.39 is 13.0 Å². The van der Waals surface area contributed by atoms with Crippen LogP contribution >= 0.6 is 12.4 Å². The first kappa shape index (κ1) is 31.3. The molecule has 0 spiro atoms. The van der Waals surface area contributed by atoms with Gasteiger partial charge >= 0.3 is 0 Å². The minimum absolute atomic E-state index is 0. The number of anilines is 1. The van der Waals surface area contributed by atoms with E-state index in [2.05, 4.69) is 15.7 Å². The number of rotatable bonds is 12. The van der Waals surface area contributed by atoms with Crippen molar-refractivity contribution in [3.05, 3.63) is 59.0 Å². The lowest BCUT2D eigenvalue weighted by Gasteiger charge is -2.28. The number of aryl methyl sites for hydroxylation is 1. The molecule has 0 bridgehead atoms. The third-order valence-corrected chi connectivity index (χ3v) is 6.84. The van der Waals surface area contributed by atoms with Crippen LogP contribution in [0.25, 0.3) is 10.9 Å². The summed E-state index contributed by atoms with van der Waals surface area (Å²) in [6, 6.07) is 8.16. The van der Waals surface area contributed by atoms with Gasteiger partial charge in [-0.1, -0.05) is 13.0 Å². The molecule has 0 saturated heterocycles. The molecule has 0 radical (unpaired) electrons. The van der Waals surface area contributed by atoms with E-state index in [1.54, 1.807) is 30.3 Å². The Hall–Kier alpha value is -3.19. The van der Waals surface area contributed by atoms with Crippen molar-refractivity contribution in [1.82, 2.24) is 30.4 Å². The number of carbonyl (C=O) groups excluding carboxylic acids is 2. The first-order valence-electron chi connectivity index (χ1n) is 12.9. The number of carbonyl (C=O) groups is 2. The highest BCUT2D eigenvalue weighted by atomic mass is 35.5. The standard InChI is InChI=1S/C27H34F3N7O2.ClH/c1-4-31-7-8-36(23-11-24-20(9-18(23)2)12-33-37(24)17-25(29)30)27(39)14-32-13-26(38)34(3)35-15-19-5-6-22(28)10-21(19)16-35;/h5-6,9-12,25,31-32H,4,7-8,13-17H2,1-3H3;1H. The maximum absolute atomic E-state index is 13.5. The minimum atomic E-state index is -2.56. The Labute approximate surface area is 237 Å². The van der Waals surface area contributed by atoms with Crippen molar-refractivity contribution in [3.63, 3.8) is 0 Å². The van der Waals surface area contributed by atoms with Crippen LogP contribution in [0.15, 0.2) is 36.5 Å². The molecule has 1 aliphatic rings. The van der Waals surface area contributed by atoms with Gasteiger partial charge in [0.05, 0.1) is 24.8 Å². The number of nitrogens with one attached hydrogen (secondary N) is 2. The molecule has 13 heteroatoms. The molecule has 2 N–H and O–H groups in total. The molecular weight excluding hydrogens is 547 g/mol. The number of hydrogen-bond donors (Lipinski definition) is 2. The van der Waals surface area contributed by atoms with Crippen LogP contribution in [0, 0.1) is 12.7 Å².